The Bertz CT molecular complexity index is 7350. The van der Waals surface area contributed by atoms with Crippen LogP contribution >= 0.6 is 15.9 Å². The van der Waals surface area contributed by atoms with Gasteiger partial charge in [-0.25, -0.2) is 0 Å². The van der Waals surface area contributed by atoms with E-state index in [9.17, 15) is 0 Å². The zero-order valence-corrected chi connectivity index (χ0v) is 67.0. The van der Waals surface area contributed by atoms with E-state index in [2.05, 4.69) is 496 Å². The van der Waals surface area contributed by atoms with Crippen molar-refractivity contribution in [3.63, 3.8) is 0 Å². The van der Waals surface area contributed by atoms with Crippen LogP contribution in [0.3, 0.4) is 0 Å². The Morgan fingerprint density at radius 2 is 0.364 bits per heavy atom. The molecule has 0 saturated carbocycles. The third kappa shape index (κ3) is 15.2. The predicted molar refractivity (Wildman–Crippen MR) is 513 cm³/mol. The number of halogens is 1. The number of hydrogen-bond donors (Lipinski definition) is 0. The van der Waals surface area contributed by atoms with Gasteiger partial charge in [0.2, 0.25) is 0 Å². The molecule has 0 N–H and O–H groups in total. The highest BCUT2D eigenvalue weighted by atomic mass is 79.9. The summed E-state index contributed by atoms with van der Waals surface area (Å²) in [5, 5.41) is 20.3. The third-order valence-corrected chi connectivity index (χ3v) is 23.8. The van der Waals surface area contributed by atoms with Crippen LogP contribution in [-0.4, -0.2) is 0 Å². The molecular weight excluding hydrogens is 1490 g/mol. The maximum absolute atomic E-state index is 3.91. The van der Waals surface area contributed by atoms with E-state index in [1.165, 1.54) is 203 Å². The largest absolute Gasteiger partial charge is 0.0622 e. The molecule has 0 saturated heterocycles. The first-order chi connectivity index (χ1) is 58.3. The fraction of sp³-hybridized carbons (Fsp3) is 0.00855. The molecule has 0 atom stereocenters. The second kappa shape index (κ2) is 33.5. The van der Waals surface area contributed by atoms with Crippen LogP contribution in [0.4, 0.5) is 0 Å². The summed E-state index contributed by atoms with van der Waals surface area (Å²) in [6.45, 7) is 2.12. The van der Waals surface area contributed by atoms with Gasteiger partial charge in [0.1, 0.15) is 0 Å². The minimum Gasteiger partial charge on any atom is -0.0622 e. The summed E-state index contributed by atoms with van der Waals surface area (Å²) >= 11 is 3.91. The minimum atomic E-state index is 1.15. The van der Waals surface area contributed by atoms with Gasteiger partial charge in [0.15, 0.2) is 0 Å². The fourth-order valence-corrected chi connectivity index (χ4v) is 17.8. The first-order valence-corrected chi connectivity index (χ1v) is 41.3. The number of hydrogen-bond acceptors (Lipinski definition) is 0. The van der Waals surface area contributed by atoms with Gasteiger partial charge in [0, 0.05) is 4.47 Å². The van der Waals surface area contributed by atoms with E-state index < -0.39 is 0 Å². The molecule has 0 bridgehead atoms. The van der Waals surface area contributed by atoms with E-state index >= 15 is 0 Å². The topological polar surface area (TPSA) is 0 Å². The molecule has 22 aromatic rings. The van der Waals surface area contributed by atoms with Crippen LogP contribution in [0.15, 0.2) is 478 Å². The van der Waals surface area contributed by atoms with Crippen molar-refractivity contribution >= 4 is 102 Å². The Morgan fingerprint density at radius 1 is 0.127 bits per heavy atom. The SMILES string of the molecule is Brc1c2ccccc2c(-c2ccc(-c3ccccc3)cc2)c2cc(-c3ccccc3)ccc12.Cc1ccc2ccccc2c1.c1ccc(-c2ccc(-c3c4ccccc4c(-c4ccc5ccccc5c4)c4ccc(-c5ccccc5)cc34)cc2)cc1.c1ccc(-c2ccc(-c3c4ccccc4cc4ccc(-c5ccccc5)cc34)cc2)cc1. The molecule has 0 radical (unpaired) electrons. The smallest absolute Gasteiger partial charge is 0.0332 e. The molecule has 0 aliphatic carbocycles. The number of benzene rings is 22. The highest BCUT2D eigenvalue weighted by Crippen LogP contribution is 2.48. The standard InChI is InChI=1S/C42H28.C32H21Br.C32H22.C11H10/c1-3-11-29(12-4-1)32-19-22-33(23-20-32)41-37-17-9-10-18-38(37)42(36-24-21-31-15-7-8-16-34(31)27-36)39-26-25-35(28-40(39)41)30-13-5-2-6-14-30;33-32-28-14-8-7-13-27(28)31(25-17-15-24(16-18-25)22-9-3-1-4-10-22)30-21-26(19-20-29(30)32)23-11-5-2-6-12-23;1-3-9-23(10-4-1)25-15-17-26(18-16-25)32-30-14-8-7-13-28(30)21-29-20-19-27(22-31(29)32)24-11-5-2-6-12-24;1-9-6-7-10-4-2-3-5-11(10)8-9/h1-28H;1-21H;1-22H;2-8H,1H3. The zero-order valence-electron chi connectivity index (χ0n) is 65.4. The van der Waals surface area contributed by atoms with Crippen molar-refractivity contribution in [2.45, 2.75) is 6.92 Å². The number of fused-ring (bicyclic) bond motifs is 8. The average molecular weight is 1570 g/mol. The molecule has 0 unspecified atom stereocenters. The summed E-state index contributed by atoms with van der Waals surface area (Å²) in [6, 6.07) is 170. The average Bonchev–Trinajstić information content (AvgIpc) is 0.733. The summed E-state index contributed by atoms with van der Waals surface area (Å²) in [6.07, 6.45) is 0. The molecule has 0 heterocycles. The van der Waals surface area contributed by atoms with Crippen molar-refractivity contribution in [3.05, 3.63) is 483 Å². The van der Waals surface area contributed by atoms with Crippen LogP contribution in [0.5, 0.6) is 0 Å². The first-order valence-electron chi connectivity index (χ1n) is 40.5. The second-order valence-electron chi connectivity index (χ2n) is 30.3. The van der Waals surface area contributed by atoms with Gasteiger partial charge in [-0.2, -0.15) is 0 Å². The van der Waals surface area contributed by atoms with Gasteiger partial charge in [-0.15, -0.1) is 0 Å². The maximum atomic E-state index is 3.91. The van der Waals surface area contributed by atoms with E-state index in [-0.39, 0.29) is 0 Å². The zero-order chi connectivity index (χ0) is 79.1. The Hall–Kier alpha value is -14.6. The van der Waals surface area contributed by atoms with Gasteiger partial charge in [0.25, 0.3) is 0 Å². The summed E-state index contributed by atoms with van der Waals surface area (Å²) in [4.78, 5) is 0. The van der Waals surface area contributed by atoms with Crippen molar-refractivity contribution in [2.24, 2.45) is 0 Å². The fourth-order valence-electron chi connectivity index (χ4n) is 17.1. The lowest BCUT2D eigenvalue weighted by atomic mass is 9.84. The van der Waals surface area contributed by atoms with E-state index in [4.69, 9.17) is 0 Å². The quantitative estimate of drug-likeness (QED) is 0.120. The van der Waals surface area contributed by atoms with Crippen molar-refractivity contribution in [1.82, 2.24) is 0 Å². The Balaban J connectivity index is 0.000000111. The molecule has 22 aromatic carbocycles. The third-order valence-electron chi connectivity index (χ3n) is 23.0. The van der Waals surface area contributed by atoms with Gasteiger partial charge < -0.3 is 0 Å². The minimum absolute atomic E-state index is 1.15. The molecular formula is C117H81Br. The molecule has 0 aliphatic heterocycles. The van der Waals surface area contributed by atoms with Crippen LogP contribution in [0.25, 0.3) is 197 Å². The molecule has 0 spiro atoms. The van der Waals surface area contributed by atoms with Gasteiger partial charge in [-0.1, -0.05) is 448 Å². The van der Waals surface area contributed by atoms with Gasteiger partial charge >= 0.3 is 0 Å². The summed E-state index contributed by atoms with van der Waals surface area (Å²) in [7, 11) is 0. The highest BCUT2D eigenvalue weighted by Gasteiger charge is 2.21. The molecule has 0 aliphatic rings. The van der Waals surface area contributed by atoms with E-state index in [0.717, 1.165) is 4.47 Å². The van der Waals surface area contributed by atoms with E-state index in [1.807, 2.05) is 0 Å². The summed E-state index contributed by atoms with van der Waals surface area (Å²) in [5.41, 5.74) is 26.2. The molecule has 22 rings (SSSR count). The van der Waals surface area contributed by atoms with E-state index in [0.29, 0.717) is 0 Å². The van der Waals surface area contributed by atoms with Gasteiger partial charge in [-0.3, -0.25) is 0 Å². The van der Waals surface area contributed by atoms with E-state index in [1.54, 1.807) is 0 Å². The molecule has 118 heavy (non-hydrogen) atoms. The molecule has 0 nitrogen and oxygen atoms in total. The lowest BCUT2D eigenvalue weighted by molar-refractivity contribution is 1.51. The number of rotatable bonds is 10. The van der Waals surface area contributed by atoms with Crippen molar-refractivity contribution in [1.29, 1.82) is 0 Å². The Kier molecular flexibility index (Phi) is 20.9. The van der Waals surface area contributed by atoms with Gasteiger partial charge in [0.05, 0.1) is 0 Å². The van der Waals surface area contributed by atoms with Crippen LogP contribution in [0.1, 0.15) is 5.56 Å². The van der Waals surface area contributed by atoms with Crippen LogP contribution in [0.2, 0.25) is 0 Å². The molecule has 0 aromatic heterocycles. The second-order valence-corrected chi connectivity index (χ2v) is 31.1. The Labute approximate surface area is 698 Å². The molecule has 0 fully saturated rings. The predicted octanol–water partition coefficient (Wildman–Crippen LogP) is 33.7. The normalized spacial score (nSPS) is 11.1. The number of aryl methyl sites for hydroxylation is 1. The first kappa shape index (κ1) is 73.6. The molecule has 556 valence electrons. The Morgan fingerprint density at radius 3 is 0.805 bits per heavy atom. The van der Waals surface area contributed by atoms with Gasteiger partial charge in [-0.05, 0) is 251 Å². The highest BCUT2D eigenvalue weighted by molar-refractivity contribution is 9.10. The lowest BCUT2D eigenvalue weighted by Gasteiger charge is -2.19. The van der Waals surface area contributed by atoms with Crippen molar-refractivity contribution in [2.75, 3.05) is 0 Å². The van der Waals surface area contributed by atoms with Crippen LogP contribution in [-0.2, 0) is 0 Å². The monoisotopic (exact) mass is 1560 g/mol. The van der Waals surface area contributed by atoms with Crippen LogP contribution < -0.4 is 0 Å². The molecule has 0 amide bonds. The van der Waals surface area contributed by atoms with Crippen molar-refractivity contribution in [3.8, 4) is 111 Å². The summed E-state index contributed by atoms with van der Waals surface area (Å²) in [5.74, 6) is 0. The summed E-state index contributed by atoms with van der Waals surface area (Å²) < 4.78 is 1.15. The van der Waals surface area contributed by atoms with Crippen molar-refractivity contribution < 1.29 is 0 Å². The maximum Gasteiger partial charge on any atom is 0.0332 e. The molecule has 1 heteroatoms. The van der Waals surface area contributed by atoms with Crippen LogP contribution in [0, 0.1) is 6.92 Å². The lowest BCUT2D eigenvalue weighted by Crippen LogP contribution is -1.92.